The van der Waals surface area contributed by atoms with E-state index in [0.29, 0.717) is 13.0 Å². The third-order valence-corrected chi connectivity index (χ3v) is 1.96. The lowest BCUT2D eigenvalue weighted by atomic mass is 10.2. The summed E-state index contributed by atoms with van der Waals surface area (Å²) in [5, 5.41) is 3.64. The number of alkyl halides is 3. The third kappa shape index (κ3) is 2.47. The summed E-state index contributed by atoms with van der Waals surface area (Å²) in [4.78, 5) is 0. The standard InChI is InChI=1S/C8H12F3N3/c1-6(2-3-12)14-5-7(4-13-14)8(9,10)11/h4-6H,2-3,12H2,1H3. The van der Waals surface area contributed by atoms with Crippen LogP contribution in [0.15, 0.2) is 12.4 Å². The Kier molecular flexibility index (Phi) is 3.15. The van der Waals surface area contributed by atoms with E-state index < -0.39 is 11.7 Å². The molecule has 0 aliphatic heterocycles. The van der Waals surface area contributed by atoms with E-state index in [-0.39, 0.29) is 6.04 Å². The SMILES string of the molecule is CC(CCN)n1cc(C(F)(F)F)cn1. The summed E-state index contributed by atoms with van der Waals surface area (Å²) < 4.78 is 37.8. The van der Waals surface area contributed by atoms with Gasteiger partial charge in [-0.1, -0.05) is 0 Å². The number of hydrogen-bond acceptors (Lipinski definition) is 2. The zero-order valence-electron chi connectivity index (χ0n) is 7.75. The Morgan fingerprint density at radius 1 is 1.57 bits per heavy atom. The fourth-order valence-corrected chi connectivity index (χ4v) is 1.10. The molecule has 1 unspecified atom stereocenters. The number of rotatable bonds is 3. The van der Waals surface area contributed by atoms with Crippen molar-refractivity contribution in [1.29, 1.82) is 0 Å². The Morgan fingerprint density at radius 2 is 2.21 bits per heavy atom. The summed E-state index contributed by atoms with van der Waals surface area (Å²) in [7, 11) is 0. The summed E-state index contributed by atoms with van der Waals surface area (Å²) >= 11 is 0. The minimum Gasteiger partial charge on any atom is -0.330 e. The highest BCUT2D eigenvalue weighted by Crippen LogP contribution is 2.29. The first kappa shape index (κ1) is 11.0. The molecule has 0 radical (unpaired) electrons. The largest absolute Gasteiger partial charge is 0.419 e. The van der Waals surface area contributed by atoms with Crippen LogP contribution in [-0.2, 0) is 6.18 Å². The van der Waals surface area contributed by atoms with Crippen molar-refractivity contribution in [3.05, 3.63) is 18.0 Å². The van der Waals surface area contributed by atoms with Crippen LogP contribution in [0.3, 0.4) is 0 Å². The molecule has 1 aromatic rings. The van der Waals surface area contributed by atoms with Crippen LogP contribution in [0.2, 0.25) is 0 Å². The van der Waals surface area contributed by atoms with Gasteiger partial charge in [0.05, 0.1) is 17.8 Å². The van der Waals surface area contributed by atoms with Gasteiger partial charge >= 0.3 is 6.18 Å². The molecule has 2 N–H and O–H groups in total. The van der Waals surface area contributed by atoms with Crippen molar-refractivity contribution >= 4 is 0 Å². The summed E-state index contributed by atoms with van der Waals surface area (Å²) in [6, 6.07) is -0.101. The molecule has 0 saturated heterocycles. The predicted octanol–water partition coefficient (Wildman–Crippen LogP) is 1.81. The Bertz CT molecular complexity index is 292. The summed E-state index contributed by atoms with van der Waals surface area (Å²) in [5.41, 5.74) is 4.58. The first-order valence-electron chi connectivity index (χ1n) is 4.26. The van der Waals surface area contributed by atoms with Crippen LogP contribution in [-0.4, -0.2) is 16.3 Å². The van der Waals surface area contributed by atoms with E-state index >= 15 is 0 Å². The zero-order chi connectivity index (χ0) is 10.8. The summed E-state index contributed by atoms with van der Waals surface area (Å²) in [6.45, 7) is 2.21. The van der Waals surface area contributed by atoms with E-state index in [1.807, 2.05) is 0 Å². The van der Waals surface area contributed by atoms with Crippen LogP contribution in [0.1, 0.15) is 24.9 Å². The van der Waals surface area contributed by atoms with Gasteiger partial charge < -0.3 is 5.73 Å². The average Bonchev–Trinajstić information content (AvgIpc) is 2.51. The van der Waals surface area contributed by atoms with Gasteiger partial charge in [-0.15, -0.1) is 0 Å². The second-order valence-electron chi connectivity index (χ2n) is 3.13. The maximum Gasteiger partial charge on any atom is 0.419 e. The predicted molar refractivity (Wildman–Crippen MR) is 45.6 cm³/mol. The van der Waals surface area contributed by atoms with Crippen molar-refractivity contribution in [2.24, 2.45) is 5.73 Å². The smallest absolute Gasteiger partial charge is 0.330 e. The fourth-order valence-electron chi connectivity index (χ4n) is 1.10. The first-order valence-corrected chi connectivity index (χ1v) is 4.26. The van der Waals surface area contributed by atoms with Gasteiger partial charge in [-0.05, 0) is 19.9 Å². The van der Waals surface area contributed by atoms with Crippen LogP contribution in [0, 0.1) is 0 Å². The van der Waals surface area contributed by atoms with E-state index in [1.165, 1.54) is 4.68 Å². The van der Waals surface area contributed by atoms with Crippen molar-refractivity contribution in [2.75, 3.05) is 6.54 Å². The molecule has 0 aliphatic carbocycles. The van der Waals surface area contributed by atoms with E-state index in [1.54, 1.807) is 6.92 Å². The van der Waals surface area contributed by atoms with Crippen molar-refractivity contribution in [2.45, 2.75) is 25.6 Å². The average molecular weight is 207 g/mol. The number of hydrogen-bond donors (Lipinski definition) is 1. The highest BCUT2D eigenvalue weighted by molar-refractivity contribution is 5.08. The normalized spacial score (nSPS) is 14.4. The molecule has 3 nitrogen and oxygen atoms in total. The lowest BCUT2D eigenvalue weighted by molar-refractivity contribution is -0.137. The maximum absolute atomic E-state index is 12.2. The minimum atomic E-state index is -4.32. The van der Waals surface area contributed by atoms with Crippen LogP contribution in [0.25, 0.3) is 0 Å². The van der Waals surface area contributed by atoms with Gasteiger partial charge in [0.1, 0.15) is 0 Å². The fraction of sp³-hybridized carbons (Fsp3) is 0.625. The molecule has 1 rings (SSSR count). The molecule has 0 aliphatic rings. The quantitative estimate of drug-likeness (QED) is 0.821. The van der Waals surface area contributed by atoms with Crippen LogP contribution in [0.4, 0.5) is 13.2 Å². The summed E-state index contributed by atoms with van der Waals surface area (Å²) in [5.74, 6) is 0. The van der Waals surface area contributed by atoms with Crippen molar-refractivity contribution in [1.82, 2.24) is 9.78 Å². The minimum absolute atomic E-state index is 0.101. The second-order valence-corrected chi connectivity index (χ2v) is 3.13. The van der Waals surface area contributed by atoms with Crippen LogP contribution in [0.5, 0.6) is 0 Å². The second kappa shape index (κ2) is 4.00. The Morgan fingerprint density at radius 3 is 2.64 bits per heavy atom. The third-order valence-electron chi connectivity index (χ3n) is 1.96. The molecule has 6 heteroatoms. The van der Waals surface area contributed by atoms with Crippen molar-refractivity contribution < 1.29 is 13.2 Å². The molecule has 1 heterocycles. The number of nitrogens with two attached hydrogens (primary N) is 1. The van der Waals surface area contributed by atoms with E-state index in [2.05, 4.69) is 5.10 Å². The molecule has 0 fully saturated rings. The first-order chi connectivity index (χ1) is 6.45. The zero-order valence-corrected chi connectivity index (χ0v) is 7.75. The van der Waals surface area contributed by atoms with Gasteiger partial charge in [-0.3, -0.25) is 4.68 Å². The number of aromatic nitrogens is 2. The van der Waals surface area contributed by atoms with Gasteiger partial charge in [0.15, 0.2) is 0 Å². The van der Waals surface area contributed by atoms with Crippen molar-refractivity contribution in [3.63, 3.8) is 0 Å². The van der Waals surface area contributed by atoms with Gasteiger partial charge in [-0.25, -0.2) is 0 Å². The van der Waals surface area contributed by atoms with Crippen molar-refractivity contribution in [3.8, 4) is 0 Å². The van der Waals surface area contributed by atoms with E-state index in [9.17, 15) is 13.2 Å². The van der Waals surface area contributed by atoms with E-state index in [4.69, 9.17) is 5.73 Å². The molecule has 0 aromatic carbocycles. The number of halogens is 3. The molecule has 80 valence electrons. The molecular formula is C8H12F3N3. The van der Waals surface area contributed by atoms with Gasteiger partial charge in [0, 0.05) is 6.20 Å². The number of nitrogens with zero attached hydrogens (tertiary/aromatic N) is 2. The van der Waals surface area contributed by atoms with Gasteiger partial charge in [0.25, 0.3) is 0 Å². The molecular weight excluding hydrogens is 195 g/mol. The maximum atomic E-state index is 12.2. The molecule has 0 amide bonds. The van der Waals surface area contributed by atoms with Crippen LogP contribution >= 0.6 is 0 Å². The topological polar surface area (TPSA) is 43.8 Å². The Balaban J connectivity index is 2.78. The molecule has 14 heavy (non-hydrogen) atoms. The lowest BCUT2D eigenvalue weighted by Crippen LogP contribution is -2.11. The van der Waals surface area contributed by atoms with Gasteiger partial charge in [0.2, 0.25) is 0 Å². The molecule has 1 atom stereocenters. The Labute approximate surface area is 79.7 Å². The highest BCUT2D eigenvalue weighted by atomic mass is 19.4. The highest BCUT2D eigenvalue weighted by Gasteiger charge is 2.32. The van der Waals surface area contributed by atoms with Gasteiger partial charge in [-0.2, -0.15) is 18.3 Å². The monoisotopic (exact) mass is 207 g/mol. The molecule has 0 spiro atoms. The lowest BCUT2D eigenvalue weighted by Gasteiger charge is -2.09. The molecule has 0 bridgehead atoms. The Hall–Kier alpha value is -1.04. The molecule has 1 aromatic heterocycles. The van der Waals surface area contributed by atoms with Crippen LogP contribution < -0.4 is 5.73 Å². The van der Waals surface area contributed by atoms with E-state index in [0.717, 1.165) is 12.4 Å². The molecule has 0 saturated carbocycles. The summed E-state index contributed by atoms with van der Waals surface area (Å²) in [6.07, 6.45) is -1.88.